The van der Waals surface area contributed by atoms with Gasteiger partial charge in [0.2, 0.25) is 5.95 Å². The maximum atomic E-state index is 13.2. The molecular weight excluding hydrogens is 349 g/mol. The molecule has 0 aliphatic carbocycles. The Balaban J connectivity index is 1.77. The molecule has 1 aliphatic rings. The fraction of sp³-hybridized carbons (Fsp3) is 0.294. The summed E-state index contributed by atoms with van der Waals surface area (Å²) in [6, 6.07) is 6.30. The van der Waals surface area contributed by atoms with E-state index in [1.54, 1.807) is 19.1 Å². The van der Waals surface area contributed by atoms with Crippen molar-refractivity contribution in [3.05, 3.63) is 35.7 Å². The van der Waals surface area contributed by atoms with E-state index in [0.29, 0.717) is 42.5 Å². The summed E-state index contributed by atoms with van der Waals surface area (Å²) in [5.74, 6) is 1.12. The van der Waals surface area contributed by atoms with Crippen LogP contribution in [0.4, 0.5) is 24.8 Å². The molecule has 6 nitrogen and oxygen atoms in total. The van der Waals surface area contributed by atoms with Gasteiger partial charge in [0, 0.05) is 12.3 Å². The minimum Gasteiger partial charge on any atom is -0.485 e. The number of alkyl halides is 3. The van der Waals surface area contributed by atoms with Crippen LogP contribution < -0.4 is 14.8 Å². The first-order valence-corrected chi connectivity index (χ1v) is 8.00. The van der Waals surface area contributed by atoms with Gasteiger partial charge in [0.25, 0.3) is 0 Å². The first-order valence-electron chi connectivity index (χ1n) is 8.00. The van der Waals surface area contributed by atoms with Crippen molar-refractivity contribution >= 4 is 22.7 Å². The number of anilines is 2. The fourth-order valence-electron chi connectivity index (χ4n) is 2.86. The van der Waals surface area contributed by atoms with Gasteiger partial charge in [0.1, 0.15) is 18.9 Å². The number of aromatic nitrogens is 3. The number of aryl methyl sites for hydroxylation is 1. The van der Waals surface area contributed by atoms with E-state index >= 15 is 0 Å². The second kappa shape index (κ2) is 6.08. The second-order valence-electron chi connectivity index (χ2n) is 5.64. The molecule has 2 aromatic heterocycles. The molecule has 0 fully saturated rings. The molecule has 3 aromatic rings. The quantitative estimate of drug-likeness (QED) is 0.739. The summed E-state index contributed by atoms with van der Waals surface area (Å²) in [5, 5.41) is 2.99. The van der Waals surface area contributed by atoms with E-state index in [1.807, 2.05) is 0 Å². The zero-order valence-corrected chi connectivity index (χ0v) is 13.7. The fourth-order valence-corrected chi connectivity index (χ4v) is 2.86. The number of nitrogens with zero attached hydrogens (tertiary/aromatic N) is 2. The summed E-state index contributed by atoms with van der Waals surface area (Å²) >= 11 is 0. The number of benzene rings is 1. The summed E-state index contributed by atoms with van der Waals surface area (Å²) in [6.45, 7) is 2.57. The topological polar surface area (TPSA) is 72.1 Å². The third kappa shape index (κ3) is 2.79. The highest BCUT2D eigenvalue weighted by Crippen LogP contribution is 2.39. The number of hydrogen-bond acceptors (Lipinski definition) is 5. The van der Waals surface area contributed by atoms with Crippen LogP contribution in [0.3, 0.4) is 0 Å². The van der Waals surface area contributed by atoms with Gasteiger partial charge in [0.15, 0.2) is 11.5 Å². The predicted molar refractivity (Wildman–Crippen MR) is 87.8 cm³/mol. The Bertz CT molecular complexity index is 969. The minimum absolute atomic E-state index is 0.00597. The molecule has 1 aromatic carbocycles. The highest BCUT2D eigenvalue weighted by Gasteiger charge is 2.35. The van der Waals surface area contributed by atoms with Gasteiger partial charge in [-0.1, -0.05) is 6.92 Å². The van der Waals surface area contributed by atoms with E-state index in [4.69, 9.17) is 9.47 Å². The lowest BCUT2D eigenvalue weighted by molar-refractivity contribution is -0.136. The van der Waals surface area contributed by atoms with Gasteiger partial charge in [-0.25, -0.2) is 4.98 Å². The lowest BCUT2D eigenvalue weighted by Gasteiger charge is -2.20. The van der Waals surface area contributed by atoms with Crippen molar-refractivity contribution in [2.75, 3.05) is 18.5 Å². The summed E-state index contributed by atoms with van der Waals surface area (Å²) < 4.78 is 50.6. The van der Waals surface area contributed by atoms with Crippen molar-refractivity contribution in [1.29, 1.82) is 0 Å². The number of fused-ring (bicyclic) bond motifs is 2. The summed E-state index contributed by atoms with van der Waals surface area (Å²) in [7, 11) is 0. The first kappa shape index (κ1) is 16.5. The standard InChI is InChI=1S/C17H14F3N4O2/c1-2-10-13-9(17(18,19)20)8-21-15(13)24-16(22-10)23-11-4-3-5-12-14(11)26-7-6-25-12/h3-4,8H,2,6-7H2,1H3,(H2,21,22,23,24). The van der Waals surface area contributed by atoms with E-state index in [2.05, 4.69) is 26.3 Å². The van der Waals surface area contributed by atoms with Gasteiger partial charge in [-0.3, -0.25) is 0 Å². The third-order valence-electron chi connectivity index (χ3n) is 3.98. The third-order valence-corrected chi connectivity index (χ3v) is 3.98. The summed E-state index contributed by atoms with van der Waals surface area (Å²) in [5.41, 5.74) is 0.224. The number of aromatic amines is 1. The van der Waals surface area contributed by atoms with Gasteiger partial charge in [-0.15, -0.1) is 0 Å². The van der Waals surface area contributed by atoms with Gasteiger partial charge in [-0.05, 0) is 18.6 Å². The Kier molecular flexibility index (Phi) is 3.86. The predicted octanol–water partition coefficient (Wildman–Crippen LogP) is 3.85. The number of halogens is 3. The largest absolute Gasteiger partial charge is 0.485 e. The normalized spacial score (nSPS) is 13.8. The Morgan fingerprint density at radius 2 is 2.08 bits per heavy atom. The van der Waals surface area contributed by atoms with E-state index in [9.17, 15) is 13.2 Å². The smallest absolute Gasteiger partial charge is 0.418 e. The van der Waals surface area contributed by atoms with E-state index in [1.165, 1.54) is 0 Å². The molecule has 0 spiro atoms. The van der Waals surface area contributed by atoms with Gasteiger partial charge in [0.05, 0.1) is 22.3 Å². The molecule has 2 N–H and O–H groups in total. The average molecular weight is 363 g/mol. The van der Waals surface area contributed by atoms with E-state index in [0.717, 1.165) is 6.20 Å². The minimum atomic E-state index is -4.47. The second-order valence-corrected chi connectivity index (χ2v) is 5.64. The zero-order chi connectivity index (χ0) is 18.3. The monoisotopic (exact) mass is 363 g/mol. The van der Waals surface area contributed by atoms with Gasteiger partial charge >= 0.3 is 6.18 Å². The Labute approximate surface area is 146 Å². The molecule has 9 heteroatoms. The molecule has 0 bridgehead atoms. The Hall–Kier alpha value is -2.97. The van der Waals surface area contributed by atoms with Crippen molar-refractivity contribution in [3.63, 3.8) is 0 Å². The van der Waals surface area contributed by atoms with Crippen molar-refractivity contribution in [2.24, 2.45) is 0 Å². The van der Waals surface area contributed by atoms with Gasteiger partial charge in [-0.2, -0.15) is 18.2 Å². The number of rotatable bonds is 3. The molecule has 1 aliphatic heterocycles. The average Bonchev–Trinajstić information content (AvgIpc) is 3.06. The molecule has 1 radical (unpaired) electrons. The van der Waals surface area contributed by atoms with Crippen LogP contribution in [0.15, 0.2) is 18.3 Å². The molecule has 0 amide bonds. The first-order chi connectivity index (χ1) is 12.5. The van der Waals surface area contributed by atoms with Crippen LogP contribution in [0.1, 0.15) is 18.2 Å². The molecule has 0 atom stereocenters. The highest BCUT2D eigenvalue weighted by atomic mass is 19.4. The maximum absolute atomic E-state index is 13.2. The lowest BCUT2D eigenvalue weighted by Crippen LogP contribution is -2.16. The van der Waals surface area contributed by atoms with Crippen molar-refractivity contribution in [1.82, 2.24) is 15.0 Å². The van der Waals surface area contributed by atoms with E-state index in [-0.39, 0.29) is 17.0 Å². The highest BCUT2D eigenvalue weighted by molar-refractivity contribution is 5.84. The van der Waals surface area contributed by atoms with Crippen LogP contribution in [0.5, 0.6) is 11.5 Å². The molecular formula is C17H14F3N4O2. The van der Waals surface area contributed by atoms with Crippen LogP contribution >= 0.6 is 0 Å². The van der Waals surface area contributed by atoms with Crippen molar-refractivity contribution < 1.29 is 22.6 Å². The molecule has 3 heterocycles. The molecule has 4 rings (SSSR count). The van der Waals surface area contributed by atoms with Crippen molar-refractivity contribution in [3.8, 4) is 11.5 Å². The van der Waals surface area contributed by atoms with Crippen LogP contribution in [0.25, 0.3) is 11.0 Å². The zero-order valence-electron chi connectivity index (χ0n) is 13.7. The lowest BCUT2D eigenvalue weighted by atomic mass is 10.1. The van der Waals surface area contributed by atoms with Crippen LogP contribution in [0, 0.1) is 6.07 Å². The molecule has 26 heavy (non-hydrogen) atoms. The number of nitrogens with one attached hydrogen (secondary N) is 2. The molecule has 135 valence electrons. The number of ether oxygens (including phenoxy) is 2. The number of hydrogen-bond donors (Lipinski definition) is 2. The van der Waals surface area contributed by atoms with Gasteiger partial charge < -0.3 is 19.8 Å². The van der Waals surface area contributed by atoms with Crippen LogP contribution in [-0.2, 0) is 12.6 Å². The number of H-pyrrole nitrogens is 1. The SMILES string of the molecule is CCc1nc(Nc2cc[c]c3c2OCCO3)nc2[nH]cc(C(F)(F)F)c12. The van der Waals surface area contributed by atoms with Crippen LogP contribution in [-0.4, -0.2) is 28.2 Å². The molecule has 0 saturated heterocycles. The molecule has 0 unspecified atom stereocenters. The Morgan fingerprint density at radius 3 is 2.85 bits per heavy atom. The summed E-state index contributed by atoms with van der Waals surface area (Å²) in [4.78, 5) is 11.0. The van der Waals surface area contributed by atoms with Crippen molar-refractivity contribution in [2.45, 2.75) is 19.5 Å². The maximum Gasteiger partial charge on any atom is 0.418 e. The summed E-state index contributed by atoms with van der Waals surface area (Å²) in [6.07, 6.45) is -3.23. The van der Waals surface area contributed by atoms with E-state index < -0.39 is 11.7 Å². The Morgan fingerprint density at radius 1 is 1.27 bits per heavy atom. The van der Waals surface area contributed by atoms with Crippen LogP contribution in [0.2, 0.25) is 0 Å². The molecule has 0 saturated carbocycles.